The second-order valence-corrected chi connectivity index (χ2v) is 4.35. The molecular formula is C12H11N7O2. The lowest BCUT2D eigenvalue weighted by Gasteiger charge is -2.12. The molecule has 0 radical (unpaired) electrons. The summed E-state index contributed by atoms with van der Waals surface area (Å²) >= 11 is 0. The van der Waals surface area contributed by atoms with E-state index in [1.165, 1.54) is 11.0 Å². The highest BCUT2D eigenvalue weighted by atomic mass is 16.2. The van der Waals surface area contributed by atoms with Gasteiger partial charge in [-0.2, -0.15) is 5.10 Å². The third kappa shape index (κ3) is 2.91. The van der Waals surface area contributed by atoms with E-state index in [9.17, 15) is 9.59 Å². The van der Waals surface area contributed by atoms with Gasteiger partial charge in [-0.05, 0) is 28.6 Å². The first-order valence-corrected chi connectivity index (χ1v) is 6.22. The molecule has 0 spiro atoms. The van der Waals surface area contributed by atoms with Crippen molar-refractivity contribution < 1.29 is 9.59 Å². The predicted octanol–water partition coefficient (Wildman–Crippen LogP) is -0.133. The molecule has 1 aliphatic rings. The number of nitrogens with zero attached hydrogens (tertiary/aromatic N) is 5. The maximum absolute atomic E-state index is 12.0. The summed E-state index contributed by atoms with van der Waals surface area (Å²) < 4.78 is 1.48. The number of rotatable bonds is 3. The van der Waals surface area contributed by atoms with Gasteiger partial charge in [0.25, 0.3) is 5.91 Å². The van der Waals surface area contributed by atoms with Crippen LogP contribution in [0.1, 0.15) is 12.8 Å². The molecule has 0 unspecified atom stereocenters. The van der Waals surface area contributed by atoms with Gasteiger partial charge in [-0.3, -0.25) is 9.59 Å². The number of benzene rings is 1. The van der Waals surface area contributed by atoms with E-state index < -0.39 is 0 Å². The Labute approximate surface area is 119 Å². The molecule has 2 N–H and O–H groups in total. The molecule has 9 nitrogen and oxygen atoms in total. The van der Waals surface area contributed by atoms with Crippen LogP contribution in [0.15, 0.2) is 35.7 Å². The van der Waals surface area contributed by atoms with Crippen molar-refractivity contribution in [3.05, 3.63) is 30.6 Å². The molecule has 0 saturated heterocycles. The first-order valence-electron chi connectivity index (χ1n) is 6.22. The summed E-state index contributed by atoms with van der Waals surface area (Å²) in [6.07, 6.45) is 2.04. The normalized spacial score (nSPS) is 14.3. The first-order chi connectivity index (χ1) is 10.2. The smallest absolute Gasteiger partial charge is 0.271 e. The fourth-order valence-electron chi connectivity index (χ4n) is 1.85. The van der Waals surface area contributed by atoms with Crippen LogP contribution in [0.3, 0.4) is 0 Å². The van der Waals surface area contributed by atoms with E-state index in [0.29, 0.717) is 17.8 Å². The monoisotopic (exact) mass is 285 g/mol. The Balaban J connectivity index is 1.75. The zero-order valence-electron chi connectivity index (χ0n) is 10.9. The molecule has 2 amide bonds. The number of carbonyl (C=O) groups is 2. The van der Waals surface area contributed by atoms with Crippen LogP contribution in [0.25, 0.3) is 5.69 Å². The molecule has 21 heavy (non-hydrogen) atoms. The average molecular weight is 285 g/mol. The van der Waals surface area contributed by atoms with Crippen molar-refractivity contribution in [2.24, 2.45) is 5.10 Å². The van der Waals surface area contributed by atoms with Gasteiger partial charge in [0.15, 0.2) is 0 Å². The first kappa shape index (κ1) is 12.9. The summed E-state index contributed by atoms with van der Waals surface area (Å²) in [5, 5.41) is 17.4. The van der Waals surface area contributed by atoms with Crippen LogP contribution in [0.4, 0.5) is 5.69 Å². The number of amides is 2. The predicted molar refractivity (Wildman–Crippen MR) is 72.6 cm³/mol. The van der Waals surface area contributed by atoms with Gasteiger partial charge in [0, 0.05) is 18.5 Å². The molecule has 3 rings (SSSR count). The van der Waals surface area contributed by atoms with E-state index >= 15 is 0 Å². The van der Waals surface area contributed by atoms with Gasteiger partial charge in [-0.25, -0.2) is 10.1 Å². The second kappa shape index (κ2) is 5.49. The number of hydrazone groups is 1. The third-order valence-corrected chi connectivity index (χ3v) is 2.88. The SMILES string of the molecule is O=C1CCC(C(=O)Nc2cccc(-n3cnnn3)c2)=NN1. The summed E-state index contributed by atoms with van der Waals surface area (Å²) in [6.45, 7) is 0. The van der Waals surface area contributed by atoms with Crippen LogP contribution in [-0.2, 0) is 9.59 Å². The molecule has 2 aromatic rings. The fraction of sp³-hybridized carbons (Fsp3) is 0.167. The van der Waals surface area contributed by atoms with Gasteiger partial charge in [-0.15, -0.1) is 5.10 Å². The molecular weight excluding hydrogens is 274 g/mol. The zero-order chi connectivity index (χ0) is 14.7. The maximum Gasteiger partial charge on any atom is 0.271 e. The second-order valence-electron chi connectivity index (χ2n) is 4.35. The van der Waals surface area contributed by atoms with Crippen molar-refractivity contribution in [2.45, 2.75) is 12.8 Å². The van der Waals surface area contributed by atoms with Crippen LogP contribution < -0.4 is 10.7 Å². The Bertz CT molecular complexity index is 708. The van der Waals surface area contributed by atoms with Crippen molar-refractivity contribution >= 4 is 23.2 Å². The number of aromatic nitrogens is 4. The molecule has 1 aromatic heterocycles. The van der Waals surface area contributed by atoms with E-state index in [2.05, 4.69) is 31.4 Å². The summed E-state index contributed by atoms with van der Waals surface area (Å²) in [4.78, 5) is 23.0. The van der Waals surface area contributed by atoms with Crippen LogP contribution in [0, 0.1) is 0 Å². The quantitative estimate of drug-likeness (QED) is 0.815. The van der Waals surface area contributed by atoms with E-state index in [4.69, 9.17) is 0 Å². The number of anilines is 1. The minimum absolute atomic E-state index is 0.188. The highest BCUT2D eigenvalue weighted by Crippen LogP contribution is 2.14. The van der Waals surface area contributed by atoms with Crippen LogP contribution >= 0.6 is 0 Å². The highest BCUT2D eigenvalue weighted by molar-refractivity contribution is 6.43. The summed E-state index contributed by atoms with van der Waals surface area (Å²) in [5.74, 6) is -0.531. The van der Waals surface area contributed by atoms with Crippen LogP contribution in [-0.4, -0.2) is 37.7 Å². The number of hydrogen-bond donors (Lipinski definition) is 2. The van der Waals surface area contributed by atoms with Crippen molar-refractivity contribution in [1.29, 1.82) is 0 Å². The van der Waals surface area contributed by atoms with E-state index in [-0.39, 0.29) is 18.2 Å². The Hall–Kier alpha value is -3.10. The lowest BCUT2D eigenvalue weighted by Crippen LogP contribution is -2.32. The molecule has 0 atom stereocenters. The minimum Gasteiger partial charge on any atom is -0.321 e. The Kier molecular flexibility index (Phi) is 3.37. The molecule has 0 saturated carbocycles. The van der Waals surface area contributed by atoms with Crippen molar-refractivity contribution in [2.75, 3.05) is 5.32 Å². The van der Waals surface area contributed by atoms with Gasteiger partial charge < -0.3 is 5.32 Å². The molecule has 1 aromatic carbocycles. The molecule has 2 heterocycles. The van der Waals surface area contributed by atoms with Crippen molar-refractivity contribution in [1.82, 2.24) is 25.6 Å². The molecule has 0 aliphatic carbocycles. The van der Waals surface area contributed by atoms with Crippen LogP contribution in [0.5, 0.6) is 0 Å². The van der Waals surface area contributed by atoms with Gasteiger partial charge in [0.05, 0.1) is 5.69 Å². The third-order valence-electron chi connectivity index (χ3n) is 2.88. The van der Waals surface area contributed by atoms with Crippen molar-refractivity contribution in [3.63, 3.8) is 0 Å². The summed E-state index contributed by atoms with van der Waals surface area (Å²) in [5.41, 5.74) is 3.89. The number of nitrogens with one attached hydrogen (secondary N) is 2. The van der Waals surface area contributed by atoms with Crippen molar-refractivity contribution in [3.8, 4) is 5.69 Å². The van der Waals surface area contributed by atoms with Gasteiger partial charge in [0.1, 0.15) is 12.0 Å². The van der Waals surface area contributed by atoms with E-state index in [1.807, 2.05) is 6.07 Å². The standard InChI is InChI=1S/C12H11N7O2/c20-11-5-4-10(15-16-11)12(21)14-8-2-1-3-9(6-8)19-7-13-17-18-19/h1-3,6-7H,4-5H2,(H,14,21)(H,16,20). The van der Waals surface area contributed by atoms with Gasteiger partial charge >= 0.3 is 0 Å². The Morgan fingerprint density at radius 2 is 2.24 bits per heavy atom. The number of hydrogen-bond acceptors (Lipinski definition) is 6. The molecule has 0 bridgehead atoms. The molecule has 1 aliphatic heterocycles. The maximum atomic E-state index is 12.0. The lowest BCUT2D eigenvalue weighted by molar-refractivity contribution is -0.121. The number of carbonyl (C=O) groups excluding carboxylic acids is 2. The Morgan fingerprint density at radius 1 is 1.33 bits per heavy atom. The highest BCUT2D eigenvalue weighted by Gasteiger charge is 2.18. The fourth-order valence-corrected chi connectivity index (χ4v) is 1.85. The summed E-state index contributed by atoms with van der Waals surface area (Å²) in [6, 6.07) is 7.06. The molecule has 106 valence electrons. The van der Waals surface area contributed by atoms with Gasteiger partial charge in [0.2, 0.25) is 5.91 Å². The topological polar surface area (TPSA) is 114 Å². The molecule has 9 heteroatoms. The molecule has 0 fully saturated rings. The average Bonchev–Trinajstić information content (AvgIpc) is 3.02. The van der Waals surface area contributed by atoms with Gasteiger partial charge in [-0.1, -0.05) is 6.07 Å². The minimum atomic E-state index is -0.344. The largest absolute Gasteiger partial charge is 0.321 e. The van der Waals surface area contributed by atoms with E-state index in [0.717, 1.165) is 5.69 Å². The Morgan fingerprint density at radius 3 is 2.95 bits per heavy atom. The van der Waals surface area contributed by atoms with E-state index in [1.54, 1.807) is 18.2 Å². The number of tetrazole rings is 1. The van der Waals surface area contributed by atoms with Crippen LogP contribution in [0.2, 0.25) is 0 Å². The summed E-state index contributed by atoms with van der Waals surface area (Å²) in [7, 11) is 0. The lowest BCUT2D eigenvalue weighted by atomic mass is 10.1. The zero-order valence-corrected chi connectivity index (χ0v) is 10.9.